The Labute approximate surface area is 143 Å². The van der Waals surface area contributed by atoms with E-state index in [2.05, 4.69) is 0 Å². The van der Waals surface area contributed by atoms with Crippen LogP contribution in [-0.2, 0) is 20.2 Å². The van der Waals surface area contributed by atoms with Gasteiger partial charge in [0.05, 0.1) is 6.61 Å². The van der Waals surface area contributed by atoms with Crippen molar-refractivity contribution in [2.45, 2.75) is 18.8 Å². The van der Waals surface area contributed by atoms with E-state index >= 15 is 0 Å². The first kappa shape index (κ1) is 18.1. The maximum absolute atomic E-state index is 14.6. The number of esters is 1. The number of carbonyl (C=O) groups excluding carboxylic acids is 2. The van der Waals surface area contributed by atoms with Gasteiger partial charge in [0.15, 0.2) is 0 Å². The number of benzene rings is 2. The minimum absolute atomic E-state index is 0.0119. The lowest BCUT2D eigenvalue weighted by atomic mass is 9.88. The van der Waals surface area contributed by atoms with Crippen LogP contribution in [0.5, 0.6) is 0 Å². The fourth-order valence-corrected chi connectivity index (χ4v) is 2.37. The van der Waals surface area contributed by atoms with Crippen molar-refractivity contribution >= 4 is 23.4 Å². The topological polar surface area (TPSA) is 43.4 Å². The van der Waals surface area contributed by atoms with Gasteiger partial charge in [0.25, 0.3) is 0 Å². The molecular formula is C18H15ClF2O3. The number of hydrogen-bond acceptors (Lipinski definition) is 3. The van der Waals surface area contributed by atoms with E-state index in [9.17, 15) is 18.4 Å². The van der Waals surface area contributed by atoms with Crippen LogP contribution in [0, 0.1) is 0 Å². The molecule has 0 radical (unpaired) electrons. The molecule has 2 rings (SSSR count). The summed E-state index contributed by atoms with van der Waals surface area (Å²) in [4.78, 5) is 24.6. The normalized spacial score (nSPS) is 12.5. The molecule has 0 aliphatic heterocycles. The monoisotopic (exact) mass is 352 g/mol. The Kier molecular flexibility index (Phi) is 5.67. The van der Waals surface area contributed by atoms with Crippen molar-refractivity contribution in [2.75, 3.05) is 6.61 Å². The molecule has 6 heteroatoms. The van der Waals surface area contributed by atoms with E-state index in [-0.39, 0.29) is 17.2 Å². The Morgan fingerprint density at radius 2 is 1.67 bits per heavy atom. The molecule has 24 heavy (non-hydrogen) atoms. The van der Waals surface area contributed by atoms with Gasteiger partial charge >= 0.3 is 11.9 Å². The predicted octanol–water partition coefficient (Wildman–Crippen LogP) is 4.35. The van der Waals surface area contributed by atoms with E-state index in [1.54, 1.807) is 25.1 Å². The average Bonchev–Trinajstić information content (AvgIpc) is 2.56. The fourth-order valence-electron chi connectivity index (χ4n) is 2.25. The Balaban J connectivity index is 2.43. The highest BCUT2D eigenvalue weighted by Gasteiger charge is 2.48. The molecule has 0 heterocycles. The van der Waals surface area contributed by atoms with Gasteiger partial charge in [-0.2, -0.15) is 8.78 Å². The third-order valence-electron chi connectivity index (χ3n) is 3.43. The van der Waals surface area contributed by atoms with Crippen LogP contribution in [0.15, 0.2) is 54.6 Å². The van der Waals surface area contributed by atoms with Gasteiger partial charge in [-0.1, -0.05) is 54.1 Å². The molecule has 0 amide bonds. The van der Waals surface area contributed by atoms with Crippen LogP contribution >= 0.6 is 11.6 Å². The zero-order valence-corrected chi connectivity index (χ0v) is 13.6. The van der Waals surface area contributed by atoms with Gasteiger partial charge in [-0.25, -0.2) is 0 Å². The number of Topliss-reactive ketones (excluding diaryl/α,β-unsaturated/α-hetero) is 1. The maximum Gasteiger partial charge on any atom is 0.331 e. The Hall–Kier alpha value is -2.27. The van der Waals surface area contributed by atoms with Gasteiger partial charge in [0.1, 0.15) is 5.92 Å². The highest BCUT2D eigenvalue weighted by atomic mass is 35.5. The van der Waals surface area contributed by atoms with Gasteiger partial charge in [0.2, 0.25) is 5.78 Å². The summed E-state index contributed by atoms with van der Waals surface area (Å²) in [5.74, 6) is -8.08. The number of rotatable bonds is 6. The number of carbonyl (C=O) groups is 2. The molecule has 126 valence electrons. The summed E-state index contributed by atoms with van der Waals surface area (Å²) in [5, 5.41) is 0.270. The second kappa shape index (κ2) is 7.53. The quantitative estimate of drug-likeness (QED) is 0.573. The lowest BCUT2D eigenvalue weighted by Gasteiger charge is -2.21. The summed E-state index contributed by atoms with van der Waals surface area (Å²) in [6.45, 7) is 1.53. The summed E-state index contributed by atoms with van der Waals surface area (Å²) >= 11 is 5.69. The Morgan fingerprint density at radius 3 is 2.21 bits per heavy atom. The van der Waals surface area contributed by atoms with Crippen LogP contribution in [0.3, 0.4) is 0 Å². The predicted molar refractivity (Wildman–Crippen MR) is 86.2 cm³/mol. The van der Waals surface area contributed by atoms with Gasteiger partial charge in [-0.15, -0.1) is 0 Å². The van der Waals surface area contributed by atoms with Crippen LogP contribution < -0.4 is 0 Å². The average molecular weight is 353 g/mol. The number of hydrogen-bond donors (Lipinski definition) is 0. The van der Waals surface area contributed by atoms with Crippen molar-refractivity contribution < 1.29 is 23.1 Å². The fraction of sp³-hybridized carbons (Fsp3) is 0.222. The molecule has 0 spiro atoms. The van der Waals surface area contributed by atoms with E-state index < -0.39 is 29.2 Å². The van der Waals surface area contributed by atoms with E-state index in [4.69, 9.17) is 16.3 Å². The highest BCUT2D eigenvalue weighted by Crippen LogP contribution is 2.36. The summed E-state index contributed by atoms with van der Waals surface area (Å²) in [7, 11) is 0. The van der Waals surface area contributed by atoms with Crippen LogP contribution in [0.1, 0.15) is 24.0 Å². The van der Waals surface area contributed by atoms with Gasteiger partial charge < -0.3 is 4.74 Å². The molecule has 0 bridgehead atoms. The summed E-state index contributed by atoms with van der Waals surface area (Å²) in [6.07, 6.45) is 0. The molecule has 0 aliphatic carbocycles. The molecular weight excluding hydrogens is 338 g/mol. The number of ether oxygens (including phenoxy) is 1. The number of alkyl halides is 2. The minimum atomic E-state index is -3.85. The summed E-state index contributed by atoms with van der Waals surface area (Å²) < 4.78 is 34.0. The second-order valence-electron chi connectivity index (χ2n) is 5.04. The maximum atomic E-state index is 14.6. The van der Waals surface area contributed by atoms with Crippen molar-refractivity contribution in [3.63, 3.8) is 0 Å². The van der Waals surface area contributed by atoms with Gasteiger partial charge in [0, 0.05) is 10.6 Å². The van der Waals surface area contributed by atoms with Crippen molar-refractivity contribution in [3.8, 4) is 0 Å². The molecule has 3 nitrogen and oxygen atoms in total. The number of halogens is 3. The molecule has 0 aromatic heterocycles. The first-order chi connectivity index (χ1) is 11.4. The van der Waals surface area contributed by atoms with Crippen molar-refractivity contribution in [2.24, 2.45) is 0 Å². The van der Waals surface area contributed by atoms with Gasteiger partial charge in [-0.05, 0) is 24.6 Å². The molecule has 1 atom stereocenters. The minimum Gasteiger partial charge on any atom is -0.465 e. The lowest BCUT2D eigenvalue weighted by Crippen LogP contribution is -2.36. The molecule has 0 saturated carbocycles. The molecule has 0 saturated heterocycles. The first-order valence-corrected chi connectivity index (χ1v) is 7.65. The Morgan fingerprint density at radius 1 is 1.08 bits per heavy atom. The van der Waals surface area contributed by atoms with Gasteiger partial charge in [-0.3, -0.25) is 9.59 Å². The second-order valence-corrected chi connectivity index (χ2v) is 5.48. The largest absolute Gasteiger partial charge is 0.465 e. The molecule has 2 aromatic rings. The third kappa shape index (κ3) is 3.79. The molecule has 0 N–H and O–H groups in total. The van der Waals surface area contributed by atoms with E-state index in [0.717, 1.165) is 12.1 Å². The third-order valence-corrected chi connectivity index (χ3v) is 3.69. The highest BCUT2D eigenvalue weighted by molar-refractivity contribution is 6.30. The van der Waals surface area contributed by atoms with Crippen molar-refractivity contribution in [3.05, 3.63) is 70.7 Å². The molecule has 2 aromatic carbocycles. The summed E-state index contributed by atoms with van der Waals surface area (Å²) in [5.41, 5.74) is -0.364. The van der Waals surface area contributed by atoms with Crippen molar-refractivity contribution in [1.29, 1.82) is 0 Å². The lowest BCUT2D eigenvalue weighted by molar-refractivity contribution is -0.157. The molecule has 0 aliphatic rings. The van der Waals surface area contributed by atoms with E-state index in [1.807, 2.05) is 0 Å². The zero-order chi connectivity index (χ0) is 17.7. The summed E-state index contributed by atoms with van der Waals surface area (Å²) in [6, 6.07) is 12.3. The zero-order valence-electron chi connectivity index (χ0n) is 12.8. The van der Waals surface area contributed by atoms with E-state index in [1.165, 1.54) is 24.3 Å². The van der Waals surface area contributed by atoms with Crippen LogP contribution in [0.2, 0.25) is 5.02 Å². The van der Waals surface area contributed by atoms with Crippen LogP contribution in [0.25, 0.3) is 0 Å². The van der Waals surface area contributed by atoms with E-state index in [0.29, 0.717) is 0 Å². The molecule has 0 fully saturated rings. The molecule has 1 unspecified atom stereocenters. The number of ketones is 1. The standard InChI is InChI=1S/C18H15ClF2O3/c1-2-24-17(23)15(12-6-4-3-5-7-12)16(22)18(20,21)13-8-10-14(19)11-9-13/h3-11,15H,2H2,1H3. The SMILES string of the molecule is CCOC(=O)C(C(=O)C(F)(F)c1ccc(Cl)cc1)c1ccccc1. The Bertz CT molecular complexity index is 715. The first-order valence-electron chi connectivity index (χ1n) is 7.27. The smallest absolute Gasteiger partial charge is 0.331 e. The van der Waals surface area contributed by atoms with Crippen LogP contribution in [0.4, 0.5) is 8.78 Å². The van der Waals surface area contributed by atoms with Crippen LogP contribution in [-0.4, -0.2) is 18.4 Å². The van der Waals surface area contributed by atoms with Crippen molar-refractivity contribution in [1.82, 2.24) is 0 Å².